The van der Waals surface area contributed by atoms with E-state index in [1.54, 1.807) is 6.92 Å². The highest BCUT2D eigenvalue weighted by atomic mass is 16.2. The Hall–Kier alpha value is -1.43. The quantitative estimate of drug-likeness (QED) is 0.552. The maximum absolute atomic E-state index is 11.7. The Morgan fingerprint density at radius 2 is 2.06 bits per heavy atom. The van der Waals surface area contributed by atoms with E-state index in [2.05, 4.69) is 16.0 Å². The Labute approximate surface area is 99.5 Å². The normalized spacial score (nSPS) is 26.3. The molecule has 0 aromatic rings. The second kappa shape index (κ2) is 4.83. The Bertz CT molecular complexity index is 352. The van der Waals surface area contributed by atoms with Crippen molar-refractivity contribution in [2.45, 2.75) is 50.7 Å². The molecule has 1 saturated carbocycles. The number of piperidine rings is 1. The molecule has 0 radical (unpaired) electrons. The monoisotopic (exact) mass is 239 g/mol. The molecule has 2 unspecified atom stereocenters. The van der Waals surface area contributed by atoms with Crippen LogP contribution in [0.3, 0.4) is 0 Å². The van der Waals surface area contributed by atoms with Crippen molar-refractivity contribution in [2.24, 2.45) is 0 Å². The van der Waals surface area contributed by atoms with Crippen LogP contribution in [0.4, 0.5) is 0 Å². The Balaban J connectivity index is 1.80. The lowest BCUT2D eigenvalue weighted by atomic mass is 10.1. The van der Waals surface area contributed by atoms with Crippen LogP contribution in [0, 0.1) is 0 Å². The van der Waals surface area contributed by atoms with E-state index in [0.29, 0.717) is 18.9 Å². The van der Waals surface area contributed by atoms with E-state index in [-0.39, 0.29) is 17.7 Å². The number of rotatable bonds is 4. The highest BCUT2D eigenvalue weighted by Gasteiger charge is 2.30. The molecule has 3 amide bonds. The summed E-state index contributed by atoms with van der Waals surface area (Å²) in [6, 6.07) is -0.555. The SMILES string of the molecule is CC(NC1CCC(=O)NC1=O)C(=O)NC1CC1. The van der Waals surface area contributed by atoms with E-state index in [4.69, 9.17) is 0 Å². The van der Waals surface area contributed by atoms with Gasteiger partial charge in [0.25, 0.3) is 0 Å². The van der Waals surface area contributed by atoms with Crippen molar-refractivity contribution in [1.82, 2.24) is 16.0 Å². The number of carbonyl (C=O) groups is 3. The number of hydrogen-bond donors (Lipinski definition) is 3. The minimum absolute atomic E-state index is 0.0859. The van der Waals surface area contributed by atoms with E-state index >= 15 is 0 Å². The number of amides is 3. The predicted molar refractivity (Wildman–Crippen MR) is 59.9 cm³/mol. The van der Waals surface area contributed by atoms with Gasteiger partial charge < -0.3 is 5.32 Å². The second-order valence-corrected chi connectivity index (χ2v) is 4.67. The molecule has 17 heavy (non-hydrogen) atoms. The van der Waals surface area contributed by atoms with Crippen LogP contribution in [0.2, 0.25) is 0 Å². The summed E-state index contributed by atoms with van der Waals surface area (Å²) in [4.78, 5) is 34.1. The zero-order valence-electron chi connectivity index (χ0n) is 9.79. The van der Waals surface area contributed by atoms with Gasteiger partial charge in [0.1, 0.15) is 0 Å². The predicted octanol–water partition coefficient (Wildman–Crippen LogP) is -0.952. The molecule has 2 aliphatic rings. The van der Waals surface area contributed by atoms with Crippen molar-refractivity contribution >= 4 is 17.7 Å². The summed E-state index contributed by atoms with van der Waals surface area (Å²) in [5, 5.41) is 8.07. The van der Waals surface area contributed by atoms with Crippen LogP contribution in [0.1, 0.15) is 32.6 Å². The molecule has 0 aromatic carbocycles. The van der Waals surface area contributed by atoms with Gasteiger partial charge in [-0.1, -0.05) is 0 Å². The van der Waals surface area contributed by atoms with E-state index in [1.165, 1.54) is 0 Å². The molecule has 0 spiro atoms. The van der Waals surface area contributed by atoms with E-state index in [1.807, 2.05) is 0 Å². The molecule has 1 saturated heterocycles. The van der Waals surface area contributed by atoms with Gasteiger partial charge in [-0.3, -0.25) is 25.0 Å². The van der Waals surface area contributed by atoms with Gasteiger partial charge in [-0.15, -0.1) is 0 Å². The van der Waals surface area contributed by atoms with E-state index in [9.17, 15) is 14.4 Å². The lowest BCUT2D eigenvalue weighted by molar-refractivity contribution is -0.135. The standard InChI is InChI=1S/C11H17N3O3/c1-6(10(16)13-7-2-3-7)12-8-4-5-9(15)14-11(8)17/h6-8,12H,2-5H2,1H3,(H,13,16)(H,14,15,17). The highest BCUT2D eigenvalue weighted by Crippen LogP contribution is 2.18. The fraction of sp³-hybridized carbons (Fsp3) is 0.727. The van der Waals surface area contributed by atoms with Gasteiger partial charge in [0.15, 0.2) is 0 Å². The molecular formula is C11H17N3O3. The Morgan fingerprint density at radius 3 is 2.65 bits per heavy atom. The topological polar surface area (TPSA) is 87.3 Å². The van der Waals surface area contributed by atoms with Crippen LogP contribution < -0.4 is 16.0 Å². The zero-order valence-corrected chi connectivity index (χ0v) is 9.79. The van der Waals surface area contributed by atoms with E-state index in [0.717, 1.165) is 12.8 Å². The second-order valence-electron chi connectivity index (χ2n) is 4.67. The fourth-order valence-corrected chi connectivity index (χ4v) is 1.78. The molecule has 1 aliphatic carbocycles. The number of carbonyl (C=O) groups excluding carboxylic acids is 3. The summed E-state index contributed by atoms with van der Waals surface area (Å²) in [7, 11) is 0. The van der Waals surface area contributed by atoms with Crippen LogP contribution in [-0.2, 0) is 14.4 Å². The highest BCUT2D eigenvalue weighted by molar-refractivity contribution is 6.00. The summed E-state index contributed by atoms with van der Waals surface area (Å²) in [5.74, 6) is -0.673. The van der Waals surface area contributed by atoms with Crippen LogP contribution in [0.5, 0.6) is 0 Å². The van der Waals surface area contributed by atoms with Crippen molar-refractivity contribution in [3.63, 3.8) is 0 Å². The van der Waals surface area contributed by atoms with Crippen molar-refractivity contribution < 1.29 is 14.4 Å². The van der Waals surface area contributed by atoms with Crippen LogP contribution in [0.25, 0.3) is 0 Å². The van der Waals surface area contributed by atoms with Crippen molar-refractivity contribution in [3.05, 3.63) is 0 Å². The number of hydrogen-bond acceptors (Lipinski definition) is 4. The van der Waals surface area contributed by atoms with Crippen LogP contribution >= 0.6 is 0 Å². The molecule has 6 heteroatoms. The fourth-order valence-electron chi connectivity index (χ4n) is 1.78. The molecule has 2 atom stereocenters. The lowest BCUT2D eigenvalue weighted by Gasteiger charge is -2.24. The Morgan fingerprint density at radius 1 is 1.35 bits per heavy atom. The van der Waals surface area contributed by atoms with Crippen molar-refractivity contribution in [2.75, 3.05) is 0 Å². The van der Waals surface area contributed by atoms with Gasteiger partial charge in [0.2, 0.25) is 17.7 Å². The smallest absolute Gasteiger partial charge is 0.243 e. The zero-order chi connectivity index (χ0) is 12.4. The molecular weight excluding hydrogens is 222 g/mol. The molecule has 0 aromatic heterocycles. The van der Waals surface area contributed by atoms with Gasteiger partial charge in [0, 0.05) is 12.5 Å². The molecule has 2 rings (SSSR count). The molecule has 6 nitrogen and oxygen atoms in total. The van der Waals surface area contributed by atoms with Gasteiger partial charge in [-0.2, -0.15) is 0 Å². The van der Waals surface area contributed by atoms with Gasteiger partial charge >= 0.3 is 0 Å². The largest absolute Gasteiger partial charge is 0.352 e. The first-order valence-electron chi connectivity index (χ1n) is 5.96. The van der Waals surface area contributed by atoms with E-state index < -0.39 is 12.1 Å². The maximum atomic E-state index is 11.7. The molecule has 1 heterocycles. The average Bonchev–Trinajstić information content (AvgIpc) is 3.06. The first-order chi connectivity index (χ1) is 8.06. The number of nitrogens with one attached hydrogen (secondary N) is 3. The molecule has 2 fully saturated rings. The van der Waals surface area contributed by atoms with Crippen molar-refractivity contribution in [3.8, 4) is 0 Å². The third kappa shape index (κ3) is 3.26. The van der Waals surface area contributed by atoms with Gasteiger partial charge in [-0.25, -0.2) is 0 Å². The lowest BCUT2D eigenvalue weighted by Crippen LogP contribution is -2.56. The summed E-state index contributed by atoms with van der Waals surface area (Å²) in [6.07, 6.45) is 2.85. The first-order valence-corrected chi connectivity index (χ1v) is 5.96. The van der Waals surface area contributed by atoms with Gasteiger partial charge in [-0.05, 0) is 26.2 Å². The maximum Gasteiger partial charge on any atom is 0.243 e. The summed E-state index contributed by atoms with van der Waals surface area (Å²) < 4.78 is 0. The third-order valence-corrected chi connectivity index (χ3v) is 3.01. The Kier molecular flexibility index (Phi) is 3.42. The van der Waals surface area contributed by atoms with Crippen molar-refractivity contribution in [1.29, 1.82) is 0 Å². The molecule has 94 valence electrons. The third-order valence-electron chi connectivity index (χ3n) is 3.01. The first kappa shape index (κ1) is 12.0. The minimum atomic E-state index is -0.451. The van der Waals surface area contributed by atoms with Gasteiger partial charge in [0.05, 0.1) is 12.1 Å². The summed E-state index contributed by atoms with van der Waals surface area (Å²) in [6.45, 7) is 1.72. The molecule has 0 bridgehead atoms. The molecule has 3 N–H and O–H groups in total. The number of imide groups is 1. The van der Waals surface area contributed by atoms with Crippen LogP contribution in [-0.4, -0.2) is 35.8 Å². The average molecular weight is 239 g/mol. The summed E-state index contributed by atoms with van der Waals surface area (Å²) >= 11 is 0. The van der Waals surface area contributed by atoms with Crippen LogP contribution in [0.15, 0.2) is 0 Å². The molecule has 1 aliphatic heterocycles. The minimum Gasteiger partial charge on any atom is -0.352 e. The summed E-state index contributed by atoms with van der Waals surface area (Å²) in [5.41, 5.74) is 0.